The van der Waals surface area contributed by atoms with Gasteiger partial charge in [-0.25, -0.2) is 19.2 Å². The summed E-state index contributed by atoms with van der Waals surface area (Å²) in [5.41, 5.74) is 2.17. The van der Waals surface area contributed by atoms with Crippen LogP contribution in [0, 0.1) is 12.7 Å². The van der Waals surface area contributed by atoms with Gasteiger partial charge in [-0.15, -0.1) is 0 Å². The Balaban J connectivity index is 1.59. The van der Waals surface area contributed by atoms with E-state index in [0.29, 0.717) is 12.2 Å². The first-order chi connectivity index (χ1) is 11.6. The van der Waals surface area contributed by atoms with Crippen LogP contribution in [0.3, 0.4) is 0 Å². The highest BCUT2D eigenvalue weighted by atomic mass is 19.1. The number of anilines is 2. The summed E-state index contributed by atoms with van der Waals surface area (Å²) in [6.45, 7) is 4.17. The number of halogens is 1. The number of aromatic nitrogens is 2. The van der Waals surface area contributed by atoms with Crippen LogP contribution in [0.5, 0.6) is 0 Å². The summed E-state index contributed by atoms with van der Waals surface area (Å²) in [6.07, 6.45) is 2.32. The number of aryl methyl sites for hydroxylation is 1. The largest absolute Gasteiger partial charge is 0.341 e. The van der Waals surface area contributed by atoms with Crippen molar-refractivity contribution in [1.29, 1.82) is 0 Å². The van der Waals surface area contributed by atoms with Crippen molar-refractivity contribution in [2.24, 2.45) is 0 Å². The Kier molecular flexibility index (Phi) is 4.88. The second-order valence-corrected chi connectivity index (χ2v) is 5.81. The molecule has 0 saturated carbocycles. The summed E-state index contributed by atoms with van der Waals surface area (Å²) in [6, 6.07) is 7.11. The first-order valence-corrected chi connectivity index (χ1v) is 8.00. The number of hydrogen-bond donors (Lipinski definition) is 2. The van der Waals surface area contributed by atoms with Crippen LogP contribution >= 0.6 is 0 Å². The predicted molar refractivity (Wildman–Crippen MR) is 90.5 cm³/mol. The lowest BCUT2D eigenvalue weighted by Gasteiger charge is -2.16. The Morgan fingerprint density at radius 2 is 1.92 bits per heavy atom. The van der Waals surface area contributed by atoms with Crippen molar-refractivity contribution in [2.45, 2.75) is 26.3 Å². The molecule has 0 spiro atoms. The minimum Gasteiger partial charge on any atom is -0.341 e. The van der Waals surface area contributed by atoms with Crippen LogP contribution in [0.4, 0.5) is 20.8 Å². The highest BCUT2D eigenvalue weighted by Gasteiger charge is 2.16. The van der Waals surface area contributed by atoms with Crippen molar-refractivity contribution in [3.05, 3.63) is 47.5 Å². The predicted octanol–water partition coefficient (Wildman–Crippen LogP) is 2.85. The van der Waals surface area contributed by atoms with E-state index in [1.54, 1.807) is 0 Å². The molecule has 0 aliphatic carbocycles. The van der Waals surface area contributed by atoms with Crippen LogP contribution < -0.4 is 15.5 Å². The molecular weight excluding hydrogens is 309 g/mol. The van der Waals surface area contributed by atoms with Gasteiger partial charge in [0.2, 0.25) is 5.95 Å². The lowest BCUT2D eigenvalue weighted by molar-refractivity contribution is 0.251. The lowest BCUT2D eigenvalue weighted by Crippen LogP contribution is -2.29. The molecule has 0 unspecified atom stereocenters. The second-order valence-electron chi connectivity index (χ2n) is 5.81. The van der Waals surface area contributed by atoms with Crippen LogP contribution in [-0.4, -0.2) is 29.1 Å². The summed E-state index contributed by atoms with van der Waals surface area (Å²) < 4.78 is 12.9. The van der Waals surface area contributed by atoms with Crippen LogP contribution in [0.2, 0.25) is 0 Å². The quantitative estimate of drug-likeness (QED) is 0.905. The fourth-order valence-electron chi connectivity index (χ4n) is 2.65. The van der Waals surface area contributed by atoms with E-state index < -0.39 is 0 Å². The van der Waals surface area contributed by atoms with E-state index in [9.17, 15) is 9.18 Å². The molecular formula is C17H20FN5O. The van der Waals surface area contributed by atoms with Crippen LogP contribution in [-0.2, 0) is 6.54 Å². The Morgan fingerprint density at radius 3 is 2.62 bits per heavy atom. The molecule has 1 fully saturated rings. The number of carbonyl (C=O) groups excluding carboxylic acids is 1. The topological polar surface area (TPSA) is 70.2 Å². The van der Waals surface area contributed by atoms with E-state index in [0.717, 1.165) is 43.3 Å². The molecule has 1 aromatic carbocycles. The van der Waals surface area contributed by atoms with Crippen molar-refractivity contribution in [3.8, 4) is 0 Å². The highest BCUT2D eigenvalue weighted by molar-refractivity contribution is 5.89. The number of nitrogens with zero attached hydrogens (tertiary/aromatic N) is 3. The van der Waals surface area contributed by atoms with E-state index in [4.69, 9.17) is 0 Å². The molecule has 2 heterocycles. The van der Waals surface area contributed by atoms with E-state index in [1.165, 1.54) is 24.3 Å². The molecule has 2 N–H and O–H groups in total. The fourth-order valence-corrected chi connectivity index (χ4v) is 2.65. The van der Waals surface area contributed by atoms with Gasteiger partial charge in [0.25, 0.3) is 0 Å². The first-order valence-electron chi connectivity index (χ1n) is 8.00. The molecule has 6 nitrogen and oxygen atoms in total. The van der Waals surface area contributed by atoms with Gasteiger partial charge in [-0.1, -0.05) is 0 Å². The molecule has 24 heavy (non-hydrogen) atoms. The molecule has 0 radical (unpaired) electrons. The molecule has 1 aliphatic rings. The van der Waals surface area contributed by atoms with Gasteiger partial charge in [0.1, 0.15) is 5.82 Å². The smallest absolute Gasteiger partial charge is 0.319 e. The van der Waals surface area contributed by atoms with Gasteiger partial charge in [0.15, 0.2) is 0 Å². The summed E-state index contributed by atoms with van der Waals surface area (Å²) in [5, 5.41) is 5.41. The Hall–Kier alpha value is -2.70. The summed E-state index contributed by atoms with van der Waals surface area (Å²) in [5.74, 6) is 0.384. The Bertz CT molecular complexity index is 713. The van der Waals surface area contributed by atoms with Crippen LogP contribution in [0.25, 0.3) is 0 Å². The molecule has 7 heteroatoms. The van der Waals surface area contributed by atoms with Gasteiger partial charge >= 0.3 is 6.03 Å². The minimum atomic E-state index is -0.361. The van der Waals surface area contributed by atoms with Gasteiger partial charge in [-0.3, -0.25) is 0 Å². The summed E-state index contributed by atoms with van der Waals surface area (Å²) in [4.78, 5) is 23.1. The van der Waals surface area contributed by atoms with Crippen molar-refractivity contribution >= 4 is 17.7 Å². The van der Waals surface area contributed by atoms with Crippen molar-refractivity contribution in [2.75, 3.05) is 23.3 Å². The molecule has 1 saturated heterocycles. The molecule has 2 aromatic rings. The number of hydrogen-bond acceptors (Lipinski definition) is 4. The maximum atomic E-state index is 12.9. The standard InChI is InChI=1S/C17H20FN5O/c1-12-10-15(21-16(20-12)23-8-2-3-9-23)11-19-17(24)22-14-6-4-13(18)5-7-14/h4-7,10H,2-3,8-9,11H2,1H3,(H2,19,22,24). The van der Waals surface area contributed by atoms with Crippen LogP contribution in [0.1, 0.15) is 24.2 Å². The van der Waals surface area contributed by atoms with E-state index in [1.807, 2.05) is 13.0 Å². The van der Waals surface area contributed by atoms with E-state index in [-0.39, 0.29) is 11.8 Å². The summed E-state index contributed by atoms with van der Waals surface area (Å²) in [7, 11) is 0. The zero-order valence-electron chi connectivity index (χ0n) is 13.6. The molecule has 0 atom stereocenters. The molecule has 2 amide bonds. The third kappa shape index (κ3) is 4.18. The van der Waals surface area contributed by atoms with Gasteiger partial charge in [-0.05, 0) is 50.1 Å². The van der Waals surface area contributed by atoms with Crippen LogP contribution in [0.15, 0.2) is 30.3 Å². The number of amides is 2. The van der Waals surface area contributed by atoms with Crippen molar-refractivity contribution in [1.82, 2.24) is 15.3 Å². The number of rotatable bonds is 4. The maximum Gasteiger partial charge on any atom is 0.319 e. The van der Waals surface area contributed by atoms with Gasteiger partial charge < -0.3 is 15.5 Å². The average Bonchev–Trinajstić information content (AvgIpc) is 3.09. The number of nitrogens with one attached hydrogen (secondary N) is 2. The van der Waals surface area contributed by atoms with Crippen molar-refractivity contribution in [3.63, 3.8) is 0 Å². The highest BCUT2D eigenvalue weighted by Crippen LogP contribution is 2.16. The molecule has 126 valence electrons. The fraction of sp³-hybridized carbons (Fsp3) is 0.353. The third-order valence-corrected chi connectivity index (χ3v) is 3.82. The van der Waals surface area contributed by atoms with Gasteiger partial charge in [-0.2, -0.15) is 0 Å². The number of benzene rings is 1. The maximum absolute atomic E-state index is 12.9. The summed E-state index contributed by atoms with van der Waals surface area (Å²) >= 11 is 0. The molecule has 1 aromatic heterocycles. The monoisotopic (exact) mass is 329 g/mol. The molecule has 1 aliphatic heterocycles. The van der Waals surface area contributed by atoms with Crippen molar-refractivity contribution < 1.29 is 9.18 Å². The SMILES string of the molecule is Cc1cc(CNC(=O)Nc2ccc(F)cc2)nc(N2CCCC2)n1. The normalized spacial score (nSPS) is 13.8. The van der Waals surface area contributed by atoms with E-state index in [2.05, 4.69) is 25.5 Å². The second kappa shape index (κ2) is 7.25. The first kappa shape index (κ1) is 16.2. The minimum absolute atomic E-state index is 0.303. The lowest BCUT2D eigenvalue weighted by atomic mass is 10.3. The molecule has 0 bridgehead atoms. The Morgan fingerprint density at radius 1 is 1.21 bits per heavy atom. The number of urea groups is 1. The zero-order chi connectivity index (χ0) is 16.9. The average molecular weight is 329 g/mol. The zero-order valence-corrected chi connectivity index (χ0v) is 13.6. The third-order valence-electron chi connectivity index (χ3n) is 3.82. The van der Waals surface area contributed by atoms with E-state index >= 15 is 0 Å². The van der Waals surface area contributed by atoms with Gasteiger partial charge in [0, 0.05) is 24.5 Å². The van der Waals surface area contributed by atoms with Gasteiger partial charge in [0.05, 0.1) is 12.2 Å². The number of carbonyl (C=O) groups is 1. The Labute approximate surface area is 140 Å². The molecule has 3 rings (SSSR count).